The molecule has 2 heterocycles. The molecule has 0 aromatic carbocycles. The number of hydrogen-bond acceptors (Lipinski definition) is 1. The lowest BCUT2D eigenvalue weighted by Crippen LogP contribution is -2.13. The van der Waals surface area contributed by atoms with Gasteiger partial charge in [0.2, 0.25) is 0 Å². The largest absolute Gasteiger partial charge is 0.258 e. The van der Waals surface area contributed by atoms with Crippen LogP contribution in [-0.2, 0) is 10.8 Å². The monoisotopic (exact) mass is 156 g/mol. The zero-order valence-electron chi connectivity index (χ0n) is 5.95. The first-order chi connectivity index (χ1) is 4.88. The highest BCUT2D eigenvalue weighted by Gasteiger charge is 2.28. The fourth-order valence-electron chi connectivity index (χ4n) is 1.74. The maximum atomic E-state index is 11.5. The van der Waals surface area contributed by atoms with Crippen LogP contribution in [0.3, 0.4) is 0 Å². The van der Waals surface area contributed by atoms with Crippen LogP contribution >= 0.6 is 0 Å². The summed E-state index contributed by atoms with van der Waals surface area (Å²) in [6.07, 6.45) is 9.16. The van der Waals surface area contributed by atoms with Gasteiger partial charge in [0.1, 0.15) is 0 Å². The molecule has 2 aliphatic heterocycles. The van der Waals surface area contributed by atoms with Crippen molar-refractivity contribution in [3.05, 3.63) is 12.2 Å². The van der Waals surface area contributed by atoms with Gasteiger partial charge < -0.3 is 0 Å². The van der Waals surface area contributed by atoms with Gasteiger partial charge in [-0.3, -0.25) is 4.21 Å². The Kier molecular flexibility index (Phi) is 1.65. The van der Waals surface area contributed by atoms with Crippen LogP contribution in [0, 0.1) is 0 Å². The quantitative estimate of drug-likeness (QED) is 0.487. The average Bonchev–Trinajstić information content (AvgIpc) is 2.06. The number of hydrogen-bond donors (Lipinski definition) is 0. The van der Waals surface area contributed by atoms with E-state index in [2.05, 4.69) is 12.2 Å². The minimum Gasteiger partial charge on any atom is -0.258 e. The summed E-state index contributed by atoms with van der Waals surface area (Å²) in [4.78, 5) is 0. The first-order valence-electron chi connectivity index (χ1n) is 3.95. The molecular weight excluding hydrogens is 144 g/mol. The van der Waals surface area contributed by atoms with Crippen molar-refractivity contribution in [1.29, 1.82) is 0 Å². The van der Waals surface area contributed by atoms with E-state index in [1.807, 2.05) is 0 Å². The highest BCUT2D eigenvalue weighted by atomic mass is 32.2. The van der Waals surface area contributed by atoms with Crippen LogP contribution in [0.1, 0.15) is 25.7 Å². The SMILES string of the molecule is O=S1C2C=CC1CCCC2. The third kappa shape index (κ3) is 0.947. The summed E-state index contributed by atoms with van der Waals surface area (Å²) in [7, 11) is -0.547. The lowest BCUT2D eigenvalue weighted by atomic mass is 10.1. The van der Waals surface area contributed by atoms with Crippen molar-refractivity contribution < 1.29 is 4.21 Å². The Bertz CT molecular complexity index is 168. The highest BCUT2D eigenvalue weighted by Crippen LogP contribution is 2.28. The van der Waals surface area contributed by atoms with Crippen molar-refractivity contribution in [1.82, 2.24) is 0 Å². The molecule has 0 amide bonds. The molecule has 0 aliphatic carbocycles. The van der Waals surface area contributed by atoms with E-state index in [0.717, 1.165) is 12.8 Å². The van der Waals surface area contributed by atoms with E-state index >= 15 is 0 Å². The Labute approximate surface area is 64.0 Å². The molecular formula is C8H12OS. The molecule has 10 heavy (non-hydrogen) atoms. The Balaban J connectivity index is 2.22. The molecule has 2 unspecified atom stereocenters. The molecule has 0 radical (unpaired) electrons. The number of rotatable bonds is 0. The minimum atomic E-state index is -0.547. The summed E-state index contributed by atoms with van der Waals surface area (Å²) < 4.78 is 11.5. The highest BCUT2D eigenvalue weighted by molar-refractivity contribution is 7.87. The van der Waals surface area contributed by atoms with Crippen LogP contribution in [0.4, 0.5) is 0 Å². The van der Waals surface area contributed by atoms with Crippen molar-refractivity contribution in [2.45, 2.75) is 36.2 Å². The van der Waals surface area contributed by atoms with Crippen LogP contribution in [0.25, 0.3) is 0 Å². The van der Waals surface area contributed by atoms with Gasteiger partial charge >= 0.3 is 0 Å². The van der Waals surface area contributed by atoms with Crippen molar-refractivity contribution in [2.75, 3.05) is 0 Å². The third-order valence-corrected chi connectivity index (χ3v) is 4.34. The molecule has 0 saturated carbocycles. The molecule has 0 spiro atoms. The molecule has 2 heteroatoms. The van der Waals surface area contributed by atoms with Gasteiger partial charge in [-0.15, -0.1) is 0 Å². The first-order valence-corrected chi connectivity index (χ1v) is 5.23. The summed E-state index contributed by atoms with van der Waals surface area (Å²) in [6.45, 7) is 0. The van der Waals surface area contributed by atoms with Gasteiger partial charge in [-0.05, 0) is 12.8 Å². The van der Waals surface area contributed by atoms with E-state index in [1.165, 1.54) is 12.8 Å². The van der Waals surface area contributed by atoms with Crippen molar-refractivity contribution in [3.8, 4) is 0 Å². The Morgan fingerprint density at radius 3 is 2.10 bits per heavy atom. The maximum Gasteiger partial charge on any atom is 0.0534 e. The van der Waals surface area contributed by atoms with E-state index < -0.39 is 10.8 Å². The lowest BCUT2D eigenvalue weighted by molar-refractivity contribution is 0.673. The molecule has 0 aromatic rings. The van der Waals surface area contributed by atoms with Gasteiger partial charge in [0.15, 0.2) is 0 Å². The molecule has 2 aliphatic rings. The van der Waals surface area contributed by atoms with Gasteiger partial charge in [-0.1, -0.05) is 25.0 Å². The second-order valence-corrected chi connectivity index (χ2v) is 4.94. The predicted molar refractivity (Wildman–Crippen MR) is 43.3 cm³/mol. The van der Waals surface area contributed by atoms with Crippen LogP contribution < -0.4 is 0 Å². The summed E-state index contributed by atoms with van der Waals surface area (Å²) in [5.74, 6) is 0. The van der Waals surface area contributed by atoms with Crippen LogP contribution in [0.2, 0.25) is 0 Å². The van der Waals surface area contributed by atoms with Crippen LogP contribution in [0.5, 0.6) is 0 Å². The van der Waals surface area contributed by atoms with Gasteiger partial charge in [0.25, 0.3) is 0 Å². The van der Waals surface area contributed by atoms with Crippen molar-refractivity contribution in [2.24, 2.45) is 0 Å². The van der Waals surface area contributed by atoms with E-state index in [-0.39, 0.29) is 0 Å². The fraction of sp³-hybridized carbons (Fsp3) is 0.750. The second kappa shape index (κ2) is 2.50. The normalized spacial score (nSPS) is 45.4. The molecule has 1 nitrogen and oxygen atoms in total. The molecule has 2 rings (SSSR count). The first kappa shape index (κ1) is 6.59. The standard InChI is InChI=1S/C8H12OS/c9-10-7-3-1-2-4-8(10)6-5-7/h5-8H,1-4H2. The minimum absolute atomic E-state index is 0.410. The van der Waals surface area contributed by atoms with E-state index in [0.29, 0.717) is 10.5 Å². The Hall–Kier alpha value is -0.110. The molecule has 56 valence electrons. The van der Waals surface area contributed by atoms with E-state index in [9.17, 15) is 4.21 Å². The molecule has 0 N–H and O–H groups in total. The topological polar surface area (TPSA) is 17.1 Å². The zero-order chi connectivity index (χ0) is 6.97. The zero-order valence-corrected chi connectivity index (χ0v) is 6.77. The Morgan fingerprint density at radius 1 is 1.10 bits per heavy atom. The Morgan fingerprint density at radius 2 is 1.60 bits per heavy atom. The lowest BCUT2D eigenvalue weighted by Gasteiger charge is -2.04. The predicted octanol–water partition coefficient (Wildman–Crippen LogP) is 1.62. The molecule has 1 fully saturated rings. The summed E-state index contributed by atoms with van der Waals surface area (Å²) in [5, 5.41) is 0.819. The van der Waals surface area contributed by atoms with Gasteiger partial charge in [-0.2, -0.15) is 0 Å². The smallest absolute Gasteiger partial charge is 0.0534 e. The van der Waals surface area contributed by atoms with Gasteiger partial charge in [0.05, 0.1) is 10.5 Å². The number of fused-ring (bicyclic) bond motifs is 2. The van der Waals surface area contributed by atoms with Crippen LogP contribution in [-0.4, -0.2) is 14.7 Å². The van der Waals surface area contributed by atoms with Crippen LogP contribution in [0.15, 0.2) is 12.2 Å². The summed E-state index contributed by atoms with van der Waals surface area (Å²) in [6, 6.07) is 0. The maximum absolute atomic E-state index is 11.5. The van der Waals surface area contributed by atoms with E-state index in [1.54, 1.807) is 0 Å². The average molecular weight is 156 g/mol. The van der Waals surface area contributed by atoms with Crippen molar-refractivity contribution >= 4 is 10.8 Å². The second-order valence-electron chi connectivity index (χ2n) is 3.07. The van der Waals surface area contributed by atoms with Gasteiger partial charge in [-0.25, -0.2) is 0 Å². The summed E-state index contributed by atoms with van der Waals surface area (Å²) >= 11 is 0. The molecule has 2 atom stereocenters. The van der Waals surface area contributed by atoms with E-state index in [4.69, 9.17) is 0 Å². The fourth-order valence-corrected chi connectivity index (χ4v) is 3.48. The molecule has 2 bridgehead atoms. The third-order valence-electron chi connectivity index (χ3n) is 2.36. The molecule has 1 saturated heterocycles. The van der Waals surface area contributed by atoms with Crippen molar-refractivity contribution in [3.63, 3.8) is 0 Å². The van der Waals surface area contributed by atoms with Gasteiger partial charge in [0, 0.05) is 10.8 Å². The summed E-state index contributed by atoms with van der Waals surface area (Å²) in [5.41, 5.74) is 0. The molecule has 0 aromatic heterocycles.